The topological polar surface area (TPSA) is 155 Å². The summed E-state index contributed by atoms with van der Waals surface area (Å²) in [6.45, 7) is 3.30. The average molecular weight is 537 g/mol. The molecule has 39 heavy (non-hydrogen) atoms. The summed E-state index contributed by atoms with van der Waals surface area (Å²) < 4.78 is 6.84. The molecule has 12 heteroatoms. The highest BCUT2D eigenvalue weighted by molar-refractivity contribution is 6.01. The number of carbonyl (C=O) groups excluding carboxylic acids is 3. The number of anilines is 2. The average Bonchev–Trinajstić information content (AvgIpc) is 3.32. The number of rotatable bonds is 11. The molecular formula is C27H32N6O6. The Morgan fingerprint density at radius 3 is 2.46 bits per heavy atom. The van der Waals surface area contributed by atoms with Gasteiger partial charge in [-0.3, -0.25) is 14.3 Å². The molecule has 4 N–H and O–H groups in total. The summed E-state index contributed by atoms with van der Waals surface area (Å²) in [4.78, 5) is 49.4. The van der Waals surface area contributed by atoms with Crippen molar-refractivity contribution < 1.29 is 29.0 Å². The Bertz CT molecular complexity index is 1350. The molecular weight excluding hydrogens is 504 g/mol. The monoisotopic (exact) mass is 536 g/mol. The third-order valence-electron chi connectivity index (χ3n) is 5.83. The van der Waals surface area contributed by atoms with Crippen LogP contribution in [0.2, 0.25) is 0 Å². The van der Waals surface area contributed by atoms with Crippen LogP contribution in [0.3, 0.4) is 0 Å². The van der Waals surface area contributed by atoms with Gasteiger partial charge in [0.2, 0.25) is 11.8 Å². The first kappa shape index (κ1) is 28.7. The van der Waals surface area contributed by atoms with Gasteiger partial charge in [-0.15, -0.1) is 0 Å². The van der Waals surface area contributed by atoms with Crippen molar-refractivity contribution in [2.24, 2.45) is 0 Å². The maximum atomic E-state index is 12.9. The number of methoxy groups -OCH3 is 1. The number of urea groups is 1. The second-order valence-electron chi connectivity index (χ2n) is 8.98. The first-order valence-corrected chi connectivity index (χ1v) is 12.1. The zero-order valence-electron chi connectivity index (χ0n) is 22.2. The number of aromatic nitrogens is 2. The number of aliphatic carboxylic acids is 1. The van der Waals surface area contributed by atoms with Crippen molar-refractivity contribution >= 4 is 35.2 Å². The molecule has 1 unspecified atom stereocenters. The molecule has 0 spiro atoms. The van der Waals surface area contributed by atoms with Crippen molar-refractivity contribution in [3.05, 3.63) is 71.5 Å². The molecule has 0 aliphatic rings. The Morgan fingerprint density at radius 1 is 1.08 bits per heavy atom. The largest absolute Gasteiger partial charge is 0.495 e. The Morgan fingerprint density at radius 2 is 1.79 bits per heavy atom. The number of hydrogen-bond donors (Lipinski definition) is 4. The molecule has 0 radical (unpaired) electrons. The smallest absolute Gasteiger partial charge is 0.328 e. The van der Waals surface area contributed by atoms with E-state index in [1.54, 1.807) is 43.6 Å². The number of carboxylic acids is 1. The second kappa shape index (κ2) is 13.1. The maximum absolute atomic E-state index is 12.9. The first-order valence-electron chi connectivity index (χ1n) is 12.1. The SMILES string of the molecule is COc1cc(CC(=O)N(C)Cc2ccn(CC(NC(C)=O)C(=O)O)n2)ccc1NC(=O)Nc1ccccc1C. The lowest BCUT2D eigenvalue weighted by atomic mass is 10.1. The Labute approximate surface area is 225 Å². The van der Waals surface area contributed by atoms with Crippen molar-refractivity contribution in [1.82, 2.24) is 20.0 Å². The van der Waals surface area contributed by atoms with Gasteiger partial charge in [0, 0.05) is 25.9 Å². The summed E-state index contributed by atoms with van der Waals surface area (Å²) in [5.41, 5.74) is 3.34. The van der Waals surface area contributed by atoms with Gasteiger partial charge in [-0.2, -0.15) is 5.10 Å². The van der Waals surface area contributed by atoms with E-state index in [4.69, 9.17) is 4.74 Å². The number of para-hydroxylation sites is 1. The van der Waals surface area contributed by atoms with Crippen LogP contribution in [0, 0.1) is 6.92 Å². The number of ether oxygens (including phenoxy) is 1. The molecule has 0 saturated heterocycles. The van der Waals surface area contributed by atoms with Gasteiger partial charge in [-0.05, 0) is 42.3 Å². The molecule has 0 bridgehead atoms. The number of carbonyl (C=O) groups is 4. The quantitative estimate of drug-likeness (QED) is 0.294. The number of aryl methyl sites for hydroxylation is 1. The Balaban J connectivity index is 1.58. The standard InChI is InChI=1S/C27H32N6O6/c1-17-7-5-6-8-21(17)29-27(38)30-22-10-9-19(13-24(22)39-4)14-25(35)32(3)15-20-11-12-33(31-20)16-23(26(36)37)28-18(2)34/h5-13,23H,14-16H2,1-4H3,(H,28,34)(H,36,37)(H2,29,30,38). The molecule has 4 amide bonds. The molecule has 0 aliphatic heterocycles. The lowest BCUT2D eigenvalue weighted by molar-refractivity contribution is -0.142. The number of likely N-dealkylation sites (N-methyl/N-ethyl adjacent to an activating group) is 1. The Kier molecular flexibility index (Phi) is 9.63. The van der Waals surface area contributed by atoms with Gasteiger partial charge in [0.15, 0.2) is 0 Å². The van der Waals surface area contributed by atoms with Gasteiger partial charge < -0.3 is 30.7 Å². The summed E-state index contributed by atoms with van der Waals surface area (Å²) in [5, 5.41) is 21.5. The molecule has 1 heterocycles. The molecule has 1 atom stereocenters. The molecule has 0 aliphatic carbocycles. The zero-order chi connectivity index (χ0) is 28.5. The van der Waals surface area contributed by atoms with E-state index in [0.717, 1.165) is 5.56 Å². The van der Waals surface area contributed by atoms with Crippen LogP contribution in [0.15, 0.2) is 54.7 Å². The van der Waals surface area contributed by atoms with Gasteiger partial charge in [-0.1, -0.05) is 24.3 Å². The summed E-state index contributed by atoms with van der Waals surface area (Å²) in [6.07, 6.45) is 1.68. The maximum Gasteiger partial charge on any atom is 0.328 e. The van der Waals surface area contributed by atoms with E-state index in [1.807, 2.05) is 25.1 Å². The van der Waals surface area contributed by atoms with Crippen LogP contribution in [-0.4, -0.2) is 63.8 Å². The molecule has 3 aromatic rings. The van der Waals surface area contributed by atoms with Crippen LogP contribution in [0.4, 0.5) is 16.2 Å². The minimum absolute atomic E-state index is 0.0459. The molecule has 206 valence electrons. The highest BCUT2D eigenvalue weighted by Gasteiger charge is 2.20. The van der Waals surface area contributed by atoms with E-state index in [-0.39, 0.29) is 25.4 Å². The highest BCUT2D eigenvalue weighted by atomic mass is 16.5. The fourth-order valence-corrected chi connectivity index (χ4v) is 3.79. The minimum Gasteiger partial charge on any atom is -0.495 e. The number of hydrogen-bond acceptors (Lipinski definition) is 6. The summed E-state index contributed by atoms with van der Waals surface area (Å²) >= 11 is 0. The molecule has 3 rings (SSSR count). The number of nitrogens with one attached hydrogen (secondary N) is 3. The number of benzene rings is 2. The fourth-order valence-electron chi connectivity index (χ4n) is 3.79. The number of nitrogens with zero attached hydrogens (tertiary/aromatic N) is 3. The second-order valence-corrected chi connectivity index (χ2v) is 8.98. The van der Waals surface area contributed by atoms with Crippen molar-refractivity contribution in [2.45, 2.75) is 39.4 Å². The van der Waals surface area contributed by atoms with Crippen molar-refractivity contribution in [3.8, 4) is 5.75 Å². The minimum atomic E-state index is -1.17. The molecule has 12 nitrogen and oxygen atoms in total. The number of carboxylic acid groups (broad SMARTS) is 1. The van der Waals surface area contributed by atoms with Crippen molar-refractivity contribution in [3.63, 3.8) is 0 Å². The normalized spacial score (nSPS) is 11.3. The van der Waals surface area contributed by atoms with Crippen molar-refractivity contribution in [1.29, 1.82) is 0 Å². The van der Waals surface area contributed by atoms with Crippen LogP contribution in [0.1, 0.15) is 23.7 Å². The van der Waals surface area contributed by atoms with Crippen LogP contribution in [0.25, 0.3) is 0 Å². The summed E-state index contributed by atoms with van der Waals surface area (Å²) in [6, 6.07) is 12.7. The first-order chi connectivity index (χ1) is 18.5. The van der Waals surface area contributed by atoms with E-state index >= 15 is 0 Å². The van der Waals surface area contributed by atoms with Crippen LogP contribution >= 0.6 is 0 Å². The van der Waals surface area contributed by atoms with Crippen LogP contribution < -0.4 is 20.7 Å². The number of amides is 4. The third-order valence-corrected chi connectivity index (χ3v) is 5.83. The molecule has 0 saturated carbocycles. The fraction of sp³-hybridized carbons (Fsp3) is 0.296. The lowest BCUT2D eigenvalue weighted by Gasteiger charge is -2.17. The van der Waals surface area contributed by atoms with E-state index in [0.29, 0.717) is 28.4 Å². The van der Waals surface area contributed by atoms with Crippen LogP contribution in [0.5, 0.6) is 5.75 Å². The van der Waals surface area contributed by atoms with Gasteiger partial charge in [0.1, 0.15) is 11.8 Å². The zero-order valence-corrected chi connectivity index (χ0v) is 22.2. The van der Waals surface area contributed by atoms with E-state index in [1.165, 1.54) is 23.6 Å². The van der Waals surface area contributed by atoms with E-state index in [2.05, 4.69) is 21.0 Å². The Hall–Kier alpha value is -4.87. The predicted molar refractivity (Wildman–Crippen MR) is 144 cm³/mol. The molecule has 2 aromatic carbocycles. The summed E-state index contributed by atoms with van der Waals surface area (Å²) in [5.74, 6) is -1.38. The molecule has 1 aromatic heterocycles. The van der Waals surface area contributed by atoms with E-state index < -0.39 is 23.9 Å². The summed E-state index contributed by atoms with van der Waals surface area (Å²) in [7, 11) is 3.12. The van der Waals surface area contributed by atoms with Gasteiger partial charge in [0.25, 0.3) is 0 Å². The highest BCUT2D eigenvalue weighted by Crippen LogP contribution is 2.26. The van der Waals surface area contributed by atoms with Crippen LogP contribution in [-0.2, 0) is 33.9 Å². The van der Waals surface area contributed by atoms with E-state index in [9.17, 15) is 24.3 Å². The van der Waals surface area contributed by atoms with Crippen molar-refractivity contribution in [2.75, 3.05) is 24.8 Å². The van der Waals surface area contributed by atoms with Gasteiger partial charge in [-0.25, -0.2) is 9.59 Å². The van der Waals surface area contributed by atoms with Gasteiger partial charge in [0.05, 0.1) is 38.0 Å². The lowest BCUT2D eigenvalue weighted by Crippen LogP contribution is -2.42. The third kappa shape index (κ3) is 8.32. The van der Waals surface area contributed by atoms with Gasteiger partial charge >= 0.3 is 12.0 Å². The molecule has 0 fully saturated rings. The predicted octanol–water partition coefficient (Wildman–Crippen LogP) is 2.63.